The number of hydrogen-bond acceptors (Lipinski definition) is 1. The average Bonchev–Trinajstić information content (AvgIpc) is 2.55. The van der Waals surface area contributed by atoms with E-state index < -0.39 is 0 Å². The maximum atomic E-state index is 3.27. The lowest BCUT2D eigenvalue weighted by Gasteiger charge is -2.15. The van der Waals surface area contributed by atoms with E-state index in [-0.39, 0.29) is 0 Å². The first-order valence-electron chi connectivity index (χ1n) is 6.22. The first kappa shape index (κ1) is 11.3. The lowest BCUT2D eigenvalue weighted by molar-refractivity contribution is 0.818. The summed E-state index contributed by atoms with van der Waals surface area (Å²) in [5.74, 6) is 0. The SMILES string of the molecule is CNC1=CCC=C(C2=CC=C(C)CC2)CC1. The topological polar surface area (TPSA) is 12.0 Å². The second kappa shape index (κ2) is 5.20. The summed E-state index contributed by atoms with van der Waals surface area (Å²) >= 11 is 0. The molecule has 0 fully saturated rings. The monoisotopic (exact) mass is 215 g/mol. The van der Waals surface area contributed by atoms with E-state index in [4.69, 9.17) is 0 Å². The molecule has 0 aromatic carbocycles. The van der Waals surface area contributed by atoms with E-state index in [9.17, 15) is 0 Å². The quantitative estimate of drug-likeness (QED) is 0.737. The molecule has 0 saturated heterocycles. The van der Waals surface area contributed by atoms with Gasteiger partial charge in [-0.3, -0.25) is 0 Å². The van der Waals surface area contributed by atoms with Gasteiger partial charge >= 0.3 is 0 Å². The van der Waals surface area contributed by atoms with Crippen LogP contribution in [0.3, 0.4) is 0 Å². The Morgan fingerprint density at radius 2 is 1.75 bits per heavy atom. The minimum absolute atomic E-state index is 1.07. The molecule has 0 aromatic rings. The minimum Gasteiger partial charge on any atom is -0.392 e. The lowest BCUT2D eigenvalue weighted by Crippen LogP contribution is -2.05. The summed E-state index contributed by atoms with van der Waals surface area (Å²) in [5, 5.41) is 3.27. The Kier molecular flexibility index (Phi) is 3.66. The van der Waals surface area contributed by atoms with Gasteiger partial charge in [0, 0.05) is 12.7 Å². The highest BCUT2D eigenvalue weighted by Gasteiger charge is 2.10. The Morgan fingerprint density at radius 1 is 0.938 bits per heavy atom. The van der Waals surface area contributed by atoms with Crippen molar-refractivity contribution in [2.24, 2.45) is 0 Å². The van der Waals surface area contributed by atoms with E-state index in [1.807, 2.05) is 7.05 Å². The third-order valence-corrected chi connectivity index (χ3v) is 3.48. The highest BCUT2D eigenvalue weighted by Crippen LogP contribution is 2.29. The molecule has 0 unspecified atom stereocenters. The van der Waals surface area contributed by atoms with Crippen molar-refractivity contribution in [2.75, 3.05) is 7.05 Å². The Morgan fingerprint density at radius 3 is 2.44 bits per heavy atom. The molecule has 0 bridgehead atoms. The van der Waals surface area contributed by atoms with Crippen molar-refractivity contribution in [1.82, 2.24) is 5.32 Å². The van der Waals surface area contributed by atoms with Crippen molar-refractivity contribution in [2.45, 2.75) is 39.0 Å². The number of rotatable bonds is 2. The molecular weight excluding hydrogens is 194 g/mol. The Bertz CT molecular complexity index is 380. The summed E-state index contributed by atoms with van der Waals surface area (Å²) in [5.41, 5.74) is 6.00. The Labute approximate surface area is 98.6 Å². The second-order valence-electron chi connectivity index (χ2n) is 4.65. The summed E-state index contributed by atoms with van der Waals surface area (Å²) < 4.78 is 0. The molecule has 2 rings (SSSR count). The molecule has 0 saturated carbocycles. The molecule has 86 valence electrons. The third kappa shape index (κ3) is 2.66. The fraction of sp³-hybridized carbons (Fsp3) is 0.467. The first-order chi connectivity index (χ1) is 7.79. The van der Waals surface area contributed by atoms with Crippen LogP contribution in [0.1, 0.15) is 39.0 Å². The predicted octanol–water partition coefficient (Wildman–Crippen LogP) is 3.87. The van der Waals surface area contributed by atoms with Crippen LogP contribution >= 0.6 is 0 Å². The molecular formula is C15H21N. The maximum absolute atomic E-state index is 3.27. The van der Waals surface area contributed by atoms with Crippen molar-refractivity contribution in [3.05, 3.63) is 46.7 Å². The summed E-state index contributed by atoms with van der Waals surface area (Å²) in [6, 6.07) is 0. The molecule has 16 heavy (non-hydrogen) atoms. The van der Waals surface area contributed by atoms with Crippen molar-refractivity contribution < 1.29 is 0 Å². The second-order valence-corrected chi connectivity index (χ2v) is 4.65. The molecule has 0 heterocycles. The van der Waals surface area contributed by atoms with E-state index >= 15 is 0 Å². The minimum atomic E-state index is 1.07. The van der Waals surface area contributed by atoms with Gasteiger partial charge in [-0.05, 0) is 50.2 Å². The van der Waals surface area contributed by atoms with Crippen LogP contribution < -0.4 is 5.32 Å². The van der Waals surface area contributed by atoms with Crippen LogP contribution in [0.15, 0.2) is 46.7 Å². The molecule has 0 aliphatic heterocycles. The molecule has 0 aromatic heterocycles. The maximum Gasteiger partial charge on any atom is 0.00700 e. The molecule has 0 radical (unpaired) electrons. The van der Waals surface area contributed by atoms with Gasteiger partial charge < -0.3 is 5.32 Å². The molecule has 1 heteroatoms. The Balaban J connectivity index is 2.05. The normalized spacial score (nSPS) is 21.4. The smallest absolute Gasteiger partial charge is 0.00700 e. The van der Waals surface area contributed by atoms with Gasteiger partial charge in [0.15, 0.2) is 0 Å². The fourth-order valence-electron chi connectivity index (χ4n) is 2.34. The van der Waals surface area contributed by atoms with Crippen LogP contribution in [0.2, 0.25) is 0 Å². The van der Waals surface area contributed by atoms with Crippen molar-refractivity contribution in [3.63, 3.8) is 0 Å². The van der Waals surface area contributed by atoms with Gasteiger partial charge in [-0.25, -0.2) is 0 Å². The van der Waals surface area contributed by atoms with Gasteiger partial charge in [-0.15, -0.1) is 0 Å². The zero-order valence-electron chi connectivity index (χ0n) is 10.3. The Hall–Kier alpha value is -1.24. The van der Waals surface area contributed by atoms with E-state index in [0.717, 1.165) is 12.8 Å². The zero-order valence-corrected chi connectivity index (χ0v) is 10.3. The van der Waals surface area contributed by atoms with E-state index in [0.29, 0.717) is 0 Å². The van der Waals surface area contributed by atoms with Gasteiger partial charge in [0.05, 0.1) is 0 Å². The molecule has 2 aliphatic rings. The summed E-state index contributed by atoms with van der Waals surface area (Å²) in [6.07, 6.45) is 15.2. The highest BCUT2D eigenvalue weighted by molar-refractivity contribution is 5.39. The molecule has 1 nitrogen and oxygen atoms in total. The standard InChI is InChI=1S/C15H21N/c1-12-6-8-14(9-7-12)13-4-3-5-15(16-2)11-10-13/h4-6,8,16H,3,7,9-11H2,1-2H3. The highest BCUT2D eigenvalue weighted by atomic mass is 14.8. The van der Waals surface area contributed by atoms with E-state index in [2.05, 4.69) is 36.5 Å². The van der Waals surface area contributed by atoms with Crippen LogP contribution in [-0.2, 0) is 0 Å². The number of nitrogens with one attached hydrogen (secondary N) is 1. The summed E-state index contributed by atoms with van der Waals surface area (Å²) in [7, 11) is 2.02. The predicted molar refractivity (Wildman–Crippen MR) is 70.2 cm³/mol. The molecule has 0 spiro atoms. The van der Waals surface area contributed by atoms with Crippen LogP contribution in [0.4, 0.5) is 0 Å². The molecule has 2 aliphatic carbocycles. The largest absolute Gasteiger partial charge is 0.392 e. The van der Waals surface area contributed by atoms with Gasteiger partial charge in [-0.2, -0.15) is 0 Å². The van der Waals surface area contributed by atoms with Gasteiger partial charge in [-0.1, -0.05) is 29.9 Å². The van der Waals surface area contributed by atoms with Gasteiger partial charge in [0.1, 0.15) is 0 Å². The molecule has 0 atom stereocenters. The van der Waals surface area contributed by atoms with Crippen LogP contribution in [0.25, 0.3) is 0 Å². The summed E-state index contributed by atoms with van der Waals surface area (Å²) in [6.45, 7) is 2.22. The van der Waals surface area contributed by atoms with E-state index in [1.54, 1.807) is 11.1 Å². The van der Waals surface area contributed by atoms with E-state index in [1.165, 1.54) is 30.5 Å². The van der Waals surface area contributed by atoms with Crippen LogP contribution in [0, 0.1) is 0 Å². The zero-order chi connectivity index (χ0) is 11.4. The van der Waals surface area contributed by atoms with Gasteiger partial charge in [0.25, 0.3) is 0 Å². The van der Waals surface area contributed by atoms with Gasteiger partial charge in [0.2, 0.25) is 0 Å². The van der Waals surface area contributed by atoms with Crippen molar-refractivity contribution >= 4 is 0 Å². The first-order valence-corrected chi connectivity index (χ1v) is 6.22. The van der Waals surface area contributed by atoms with Crippen LogP contribution in [0.5, 0.6) is 0 Å². The number of hydrogen-bond donors (Lipinski definition) is 1. The molecule has 0 amide bonds. The fourth-order valence-corrected chi connectivity index (χ4v) is 2.34. The number of allylic oxidation sites excluding steroid dienone is 8. The molecule has 1 N–H and O–H groups in total. The van der Waals surface area contributed by atoms with Crippen molar-refractivity contribution in [1.29, 1.82) is 0 Å². The third-order valence-electron chi connectivity index (χ3n) is 3.48. The lowest BCUT2D eigenvalue weighted by atomic mass is 9.91. The summed E-state index contributed by atoms with van der Waals surface area (Å²) in [4.78, 5) is 0. The van der Waals surface area contributed by atoms with Crippen LogP contribution in [-0.4, -0.2) is 7.05 Å². The van der Waals surface area contributed by atoms with Crippen molar-refractivity contribution in [3.8, 4) is 0 Å². The average molecular weight is 215 g/mol.